The molecule has 0 aliphatic carbocycles. The van der Waals surface area contributed by atoms with Crippen LogP contribution in [-0.2, 0) is 13.8 Å². The van der Waals surface area contributed by atoms with Crippen molar-refractivity contribution < 1.29 is 17.9 Å². The first kappa shape index (κ1) is 16.7. The van der Waals surface area contributed by atoms with Gasteiger partial charge in [-0.05, 0) is 25.3 Å². The molecule has 0 spiro atoms. The van der Waals surface area contributed by atoms with Crippen molar-refractivity contribution in [1.29, 1.82) is 0 Å². The number of thiophene rings is 1. The molecule has 0 N–H and O–H groups in total. The Hall–Kier alpha value is -0.630. The smallest absolute Gasteiger partial charge is 0.270 e. The summed E-state index contributed by atoms with van der Waals surface area (Å²) in [6.07, 6.45) is 2.86. The van der Waals surface area contributed by atoms with Crippen molar-refractivity contribution in [2.24, 2.45) is 0 Å². The number of rotatable bonds is 5. The topological polar surface area (TPSA) is 63.7 Å². The Morgan fingerprint density at radius 1 is 1.57 bits per heavy atom. The molecule has 5 nitrogen and oxygen atoms in total. The van der Waals surface area contributed by atoms with Gasteiger partial charge in [0, 0.05) is 35.8 Å². The van der Waals surface area contributed by atoms with E-state index < -0.39 is 9.05 Å². The van der Waals surface area contributed by atoms with Crippen LogP contribution in [0.4, 0.5) is 0 Å². The van der Waals surface area contributed by atoms with E-state index in [1.807, 2.05) is 6.92 Å². The Morgan fingerprint density at radius 2 is 2.33 bits per heavy atom. The third-order valence-corrected chi connectivity index (χ3v) is 6.33. The summed E-state index contributed by atoms with van der Waals surface area (Å²) in [5.74, 6) is -0.164. The molecule has 0 radical (unpaired) electrons. The van der Waals surface area contributed by atoms with E-state index in [1.54, 1.807) is 4.90 Å². The van der Waals surface area contributed by atoms with Crippen LogP contribution in [0.5, 0.6) is 0 Å². The molecule has 1 aromatic rings. The number of ether oxygens (including phenoxy) is 1. The highest BCUT2D eigenvalue weighted by atomic mass is 35.7. The molecule has 0 saturated carbocycles. The lowest BCUT2D eigenvalue weighted by Gasteiger charge is -2.32. The largest absolute Gasteiger partial charge is 0.376 e. The van der Waals surface area contributed by atoms with Crippen LogP contribution >= 0.6 is 22.0 Å². The fraction of sp³-hybridized carbons (Fsp3) is 0.615. The monoisotopic (exact) mass is 351 g/mol. The van der Waals surface area contributed by atoms with Gasteiger partial charge in [0.05, 0.1) is 11.7 Å². The van der Waals surface area contributed by atoms with Crippen molar-refractivity contribution in [2.45, 2.75) is 36.5 Å². The lowest BCUT2D eigenvalue weighted by molar-refractivity contribution is 0.00212. The number of likely N-dealkylation sites (tertiary alicyclic amines) is 1. The Morgan fingerprint density at radius 3 is 2.95 bits per heavy atom. The maximum absolute atomic E-state index is 12.4. The second kappa shape index (κ2) is 7.09. The molecule has 1 unspecified atom stereocenters. The van der Waals surface area contributed by atoms with Crippen LogP contribution < -0.4 is 0 Å². The SMILES string of the molecule is CCCOC1CCCN(C(=O)c2csc(S(=O)(=O)Cl)c2)C1. The Kier molecular flexibility index (Phi) is 5.65. The molecule has 0 bridgehead atoms. The van der Waals surface area contributed by atoms with Crippen molar-refractivity contribution in [3.63, 3.8) is 0 Å². The lowest BCUT2D eigenvalue weighted by atomic mass is 10.1. The zero-order chi connectivity index (χ0) is 15.5. The first-order chi connectivity index (χ1) is 9.91. The molecule has 1 aliphatic heterocycles. The molecule has 2 rings (SSSR count). The van der Waals surface area contributed by atoms with Crippen LogP contribution in [0.25, 0.3) is 0 Å². The number of hydrogen-bond acceptors (Lipinski definition) is 5. The van der Waals surface area contributed by atoms with Gasteiger partial charge in [0.1, 0.15) is 4.21 Å². The van der Waals surface area contributed by atoms with E-state index in [0.717, 1.165) is 30.6 Å². The van der Waals surface area contributed by atoms with Gasteiger partial charge < -0.3 is 9.64 Å². The van der Waals surface area contributed by atoms with Gasteiger partial charge in [-0.1, -0.05) is 6.92 Å². The van der Waals surface area contributed by atoms with Gasteiger partial charge in [-0.2, -0.15) is 0 Å². The molecule has 21 heavy (non-hydrogen) atoms. The Labute approximate surface area is 133 Å². The van der Waals surface area contributed by atoms with E-state index in [1.165, 1.54) is 11.4 Å². The molecular formula is C13H18ClNO4S2. The Balaban J connectivity index is 2.04. The van der Waals surface area contributed by atoms with E-state index in [0.29, 0.717) is 25.3 Å². The summed E-state index contributed by atoms with van der Waals surface area (Å²) in [6, 6.07) is 1.34. The number of carbonyl (C=O) groups excluding carboxylic acids is 1. The van der Waals surface area contributed by atoms with Gasteiger partial charge >= 0.3 is 0 Å². The molecule has 8 heteroatoms. The van der Waals surface area contributed by atoms with Gasteiger partial charge in [-0.3, -0.25) is 4.79 Å². The van der Waals surface area contributed by atoms with Gasteiger partial charge in [0.15, 0.2) is 0 Å². The minimum atomic E-state index is -3.77. The molecule has 2 heterocycles. The summed E-state index contributed by atoms with van der Waals surface area (Å²) in [4.78, 5) is 14.1. The van der Waals surface area contributed by atoms with Crippen molar-refractivity contribution in [1.82, 2.24) is 4.90 Å². The average molecular weight is 352 g/mol. The van der Waals surface area contributed by atoms with Gasteiger partial charge in [0.25, 0.3) is 15.0 Å². The molecule has 1 saturated heterocycles. The predicted octanol–water partition coefficient (Wildman–Crippen LogP) is 2.71. The van der Waals surface area contributed by atoms with Crippen molar-refractivity contribution in [3.8, 4) is 0 Å². The van der Waals surface area contributed by atoms with Crippen LogP contribution in [0.15, 0.2) is 15.7 Å². The number of nitrogens with zero attached hydrogens (tertiary/aromatic N) is 1. The van der Waals surface area contributed by atoms with Crippen molar-refractivity contribution in [3.05, 3.63) is 17.0 Å². The van der Waals surface area contributed by atoms with Crippen molar-refractivity contribution >= 4 is 37.0 Å². The molecule has 118 valence electrons. The molecule has 1 atom stereocenters. The highest BCUT2D eigenvalue weighted by Gasteiger charge is 2.26. The highest BCUT2D eigenvalue weighted by Crippen LogP contribution is 2.25. The minimum Gasteiger partial charge on any atom is -0.376 e. The fourth-order valence-electron chi connectivity index (χ4n) is 2.28. The molecule has 1 aromatic heterocycles. The maximum Gasteiger partial charge on any atom is 0.270 e. The number of halogens is 1. The second-order valence-electron chi connectivity index (χ2n) is 4.98. The molecule has 1 aliphatic rings. The quantitative estimate of drug-likeness (QED) is 0.765. The van der Waals surface area contributed by atoms with Crippen LogP contribution in [0.1, 0.15) is 36.5 Å². The van der Waals surface area contributed by atoms with E-state index in [2.05, 4.69) is 0 Å². The van der Waals surface area contributed by atoms with E-state index >= 15 is 0 Å². The third kappa shape index (κ3) is 4.42. The van der Waals surface area contributed by atoms with Gasteiger partial charge in [-0.15, -0.1) is 11.3 Å². The van der Waals surface area contributed by atoms with E-state index in [9.17, 15) is 13.2 Å². The highest BCUT2D eigenvalue weighted by molar-refractivity contribution is 8.15. The van der Waals surface area contributed by atoms with E-state index in [4.69, 9.17) is 15.4 Å². The summed E-state index contributed by atoms with van der Waals surface area (Å²) >= 11 is 0.965. The summed E-state index contributed by atoms with van der Waals surface area (Å²) in [5.41, 5.74) is 0.371. The number of carbonyl (C=O) groups is 1. The average Bonchev–Trinajstić information content (AvgIpc) is 2.94. The number of piperidine rings is 1. The Bertz CT molecular complexity index is 599. The zero-order valence-corrected chi connectivity index (χ0v) is 14.1. The van der Waals surface area contributed by atoms with E-state index in [-0.39, 0.29) is 16.2 Å². The number of hydrogen-bond donors (Lipinski definition) is 0. The summed E-state index contributed by atoms with van der Waals surface area (Å²) in [7, 11) is 1.51. The minimum absolute atomic E-state index is 0.00306. The van der Waals surface area contributed by atoms with Crippen molar-refractivity contribution in [2.75, 3.05) is 19.7 Å². The molecule has 1 amide bonds. The first-order valence-electron chi connectivity index (χ1n) is 6.86. The molecule has 1 fully saturated rings. The third-order valence-electron chi connectivity index (χ3n) is 3.29. The van der Waals surface area contributed by atoms with Crippen LogP contribution in [0.2, 0.25) is 0 Å². The molecule has 0 aromatic carbocycles. The first-order valence-corrected chi connectivity index (χ1v) is 10.0. The molecular weight excluding hydrogens is 334 g/mol. The standard InChI is InChI=1S/C13H18ClNO4S2/c1-2-6-19-11-4-3-5-15(8-11)13(16)10-7-12(20-9-10)21(14,17)18/h7,9,11H,2-6,8H2,1H3. The number of amides is 1. The van der Waals surface area contributed by atoms with Crippen LogP contribution in [0.3, 0.4) is 0 Å². The summed E-state index contributed by atoms with van der Waals surface area (Å²) < 4.78 is 28.2. The maximum atomic E-state index is 12.4. The summed E-state index contributed by atoms with van der Waals surface area (Å²) in [5, 5.41) is 1.54. The predicted molar refractivity (Wildman–Crippen MR) is 82.5 cm³/mol. The van der Waals surface area contributed by atoms with Gasteiger partial charge in [-0.25, -0.2) is 8.42 Å². The van der Waals surface area contributed by atoms with Gasteiger partial charge in [0.2, 0.25) is 0 Å². The normalized spacial score (nSPS) is 19.7. The zero-order valence-electron chi connectivity index (χ0n) is 11.7. The van der Waals surface area contributed by atoms with Crippen LogP contribution in [-0.4, -0.2) is 45.0 Å². The van der Waals surface area contributed by atoms with Crippen LogP contribution in [0, 0.1) is 0 Å². The fourth-order valence-corrected chi connectivity index (χ4v) is 4.22. The summed E-state index contributed by atoms with van der Waals surface area (Å²) in [6.45, 7) is 3.96. The second-order valence-corrected chi connectivity index (χ2v) is 8.68. The lowest BCUT2D eigenvalue weighted by Crippen LogP contribution is -2.43.